The molecule has 0 unspecified atom stereocenters. The highest BCUT2D eigenvalue weighted by Gasteiger charge is 2.35. The molecule has 0 aliphatic carbocycles. The van der Waals surface area contributed by atoms with Crippen molar-refractivity contribution in [2.24, 2.45) is 5.84 Å². The van der Waals surface area contributed by atoms with E-state index in [-0.39, 0.29) is 0 Å². The summed E-state index contributed by atoms with van der Waals surface area (Å²) in [6, 6.07) is 3.46. The van der Waals surface area contributed by atoms with Crippen molar-refractivity contribution in [2.45, 2.75) is 12.7 Å². The van der Waals surface area contributed by atoms with Gasteiger partial charge >= 0.3 is 0 Å². The summed E-state index contributed by atoms with van der Waals surface area (Å²) >= 11 is 5.76. The van der Waals surface area contributed by atoms with Gasteiger partial charge in [0.05, 0.1) is 18.8 Å². The molecule has 2 rings (SSSR count). The van der Waals surface area contributed by atoms with Crippen LogP contribution in [0, 0.1) is 0 Å². The van der Waals surface area contributed by atoms with Gasteiger partial charge in [-0.2, -0.15) is 0 Å². The number of pyridine rings is 1. The molecule has 1 aliphatic rings. The molecule has 1 aromatic rings. The van der Waals surface area contributed by atoms with Crippen LogP contribution in [0.15, 0.2) is 12.1 Å². The number of nitrogens with one attached hydrogen (secondary N) is 1. The number of hydrogen-bond donors (Lipinski definition) is 2. The minimum atomic E-state index is -0.792. The SMILES string of the molecule is CC1(c2ccc(Cl)nc2NN)OCCO1. The first-order chi connectivity index (χ1) is 7.15. The van der Waals surface area contributed by atoms with E-state index in [4.69, 9.17) is 26.9 Å². The summed E-state index contributed by atoms with van der Waals surface area (Å²) in [6.07, 6.45) is 0. The van der Waals surface area contributed by atoms with Crippen LogP contribution in [-0.4, -0.2) is 18.2 Å². The zero-order chi connectivity index (χ0) is 10.9. The van der Waals surface area contributed by atoms with Gasteiger partial charge in [0, 0.05) is 0 Å². The maximum Gasteiger partial charge on any atom is 0.195 e. The van der Waals surface area contributed by atoms with Gasteiger partial charge in [-0.05, 0) is 19.1 Å². The molecular formula is C9H12ClN3O2. The van der Waals surface area contributed by atoms with Crippen molar-refractivity contribution >= 4 is 17.4 Å². The number of aromatic nitrogens is 1. The third kappa shape index (κ3) is 1.91. The van der Waals surface area contributed by atoms with Crippen LogP contribution in [0.25, 0.3) is 0 Å². The van der Waals surface area contributed by atoms with Gasteiger partial charge in [-0.3, -0.25) is 0 Å². The Bertz CT molecular complexity index is 366. The second kappa shape index (κ2) is 3.94. The number of nitrogen functional groups attached to an aromatic ring is 1. The van der Waals surface area contributed by atoms with E-state index in [1.54, 1.807) is 12.1 Å². The molecule has 0 aromatic carbocycles. The molecule has 3 N–H and O–H groups in total. The van der Waals surface area contributed by atoms with Gasteiger partial charge in [0.2, 0.25) is 0 Å². The smallest absolute Gasteiger partial charge is 0.195 e. The van der Waals surface area contributed by atoms with Gasteiger partial charge in [-0.25, -0.2) is 10.8 Å². The molecule has 0 spiro atoms. The van der Waals surface area contributed by atoms with Crippen molar-refractivity contribution in [1.82, 2.24) is 4.98 Å². The van der Waals surface area contributed by atoms with E-state index >= 15 is 0 Å². The van der Waals surface area contributed by atoms with Crippen LogP contribution < -0.4 is 11.3 Å². The fraction of sp³-hybridized carbons (Fsp3) is 0.444. The lowest BCUT2D eigenvalue weighted by Gasteiger charge is -2.24. The first-order valence-electron chi connectivity index (χ1n) is 4.57. The molecule has 5 nitrogen and oxygen atoms in total. The third-order valence-electron chi connectivity index (χ3n) is 2.33. The number of hydrogen-bond acceptors (Lipinski definition) is 5. The molecule has 2 heterocycles. The second-order valence-corrected chi connectivity index (χ2v) is 3.70. The lowest BCUT2D eigenvalue weighted by atomic mass is 10.1. The molecule has 1 aliphatic heterocycles. The van der Waals surface area contributed by atoms with E-state index in [9.17, 15) is 0 Å². The predicted molar refractivity (Wildman–Crippen MR) is 56.3 cm³/mol. The van der Waals surface area contributed by atoms with Gasteiger partial charge in [-0.1, -0.05) is 11.6 Å². The molecule has 0 radical (unpaired) electrons. The molecule has 1 fully saturated rings. The quantitative estimate of drug-likeness (QED) is 0.454. The van der Waals surface area contributed by atoms with Crippen molar-refractivity contribution in [3.8, 4) is 0 Å². The van der Waals surface area contributed by atoms with Crippen molar-refractivity contribution < 1.29 is 9.47 Å². The average Bonchev–Trinajstić information content (AvgIpc) is 2.66. The average molecular weight is 230 g/mol. The molecule has 1 saturated heterocycles. The zero-order valence-electron chi connectivity index (χ0n) is 8.29. The molecule has 82 valence electrons. The molecular weight excluding hydrogens is 218 g/mol. The lowest BCUT2D eigenvalue weighted by Crippen LogP contribution is -2.26. The molecule has 6 heteroatoms. The maximum atomic E-state index is 5.76. The maximum absolute atomic E-state index is 5.76. The fourth-order valence-corrected chi connectivity index (χ4v) is 1.73. The highest BCUT2D eigenvalue weighted by atomic mass is 35.5. The Labute approximate surface area is 92.5 Å². The number of anilines is 1. The van der Waals surface area contributed by atoms with Crippen molar-refractivity contribution in [2.75, 3.05) is 18.6 Å². The second-order valence-electron chi connectivity index (χ2n) is 3.32. The number of halogens is 1. The highest BCUT2D eigenvalue weighted by Crippen LogP contribution is 2.34. The van der Waals surface area contributed by atoms with Crippen molar-refractivity contribution in [1.29, 1.82) is 0 Å². The minimum absolute atomic E-state index is 0.369. The van der Waals surface area contributed by atoms with Gasteiger partial charge in [0.15, 0.2) is 5.79 Å². The normalized spacial score (nSPS) is 19.1. The van der Waals surface area contributed by atoms with Crippen LogP contribution in [-0.2, 0) is 15.3 Å². The number of hydrazine groups is 1. The van der Waals surface area contributed by atoms with Crippen molar-refractivity contribution in [3.63, 3.8) is 0 Å². The summed E-state index contributed by atoms with van der Waals surface area (Å²) in [7, 11) is 0. The molecule has 0 amide bonds. The van der Waals surface area contributed by atoms with Gasteiger partial charge in [0.25, 0.3) is 0 Å². The fourth-order valence-electron chi connectivity index (χ4n) is 1.58. The van der Waals surface area contributed by atoms with E-state index in [2.05, 4.69) is 10.4 Å². The first kappa shape index (κ1) is 10.6. The Balaban J connectivity index is 2.42. The first-order valence-corrected chi connectivity index (χ1v) is 4.95. The summed E-state index contributed by atoms with van der Waals surface area (Å²) < 4.78 is 11.0. The Hall–Kier alpha value is -0.880. The summed E-state index contributed by atoms with van der Waals surface area (Å²) in [5.74, 6) is 5.04. The summed E-state index contributed by atoms with van der Waals surface area (Å²) in [5.41, 5.74) is 3.23. The third-order valence-corrected chi connectivity index (χ3v) is 2.54. The topological polar surface area (TPSA) is 69.4 Å². The van der Waals surface area contributed by atoms with E-state index in [1.165, 1.54) is 0 Å². The molecule has 15 heavy (non-hydrogen) atoms. The van der Waals surface area contributed by atoms with E-state index < -0.39 is 5.79 Å². The van der Waals surface area contributed by atoms with Crippen LogP contribution in [0.2, 0.25) is 5.15 Å². The van der Waals surface area contributed by atoms with Crippen LogP contribution >= 0.6 is 11.6 Å². The Kier molecular flexibility index (Phi) is 2.79. The van der Waals surface area contributed by atoms with Crippen LogP contribution in [0.3, 0.4) is 0 Å². The summed E-state index contributed by atoms with van der Waals surface area (Å²) in [6.45, 7) is 2.94. The van der Waals surface area contributed by atoms with Gasteiger partial charge < -0.3 is 14.9 Å². The molecule has 0 bridgehead atoms. The number of nitrogens with two attached hydrogens (primary N) is 1. The predicted octanol–water partition coefficient (Wildman–Crippen LogP) is 1.24. The zero-order valence-corrected chi connectivity index (χ0v) is 9.04. The molecule has 0 saturated carbocycles. The van der Waals surface area contributed by atoms with Crippen molar-refractivity contribution in [3.05, 3.63) is 22.8 Å². The van der Waals surface area contributed by atoms with Gasteiger partial charge in [0.1, 0.15) is 11.0 Å². The van der Waals surface area contributed by atoms with E-state index in [0.717, 1.165) is 5.56 Å². The number of nitrogens with zero attached hydrogens (tertiary/aromatic N) is 1. The Morgan fingerprint density at radius 2 is 2.13 bits per heavy atom. The standard InChI is InChI=1S/C9H12ClN3O2/c1-9(14-4-5-15-9)6-2-3-7(10)12-8(6)13-11/h2-3H,4-5,11H2,1H3,(H,12,13). The largest absolute Gasteiger partial charge is 0.344 e. The van der Waals surface area contributed by atoms with Crippen LogP contribution in [0.1, 0.15) is 12.5 Å². The van der Waals surface area contributed by atoms with Crippen LogP contribution in [0.5, 0.6) is 0 Å². The van der Waals surface area contributed by atoms with E-state index in [1.807, 2.05) is 6.92 Å². The van der Waals surface area contributed by atoms with E-state index in [0.29, 0.717) is 24.2 Å². The molecule has 1 aromatic heterocycles. The number of rotatable bonds is 2. The number of ether oxygens (including phenoxy) is 2. The summed E-state index contributed by atoms with van der Waals surface area (Å²) in [5, 5.41) is 0.369. The Morgan fingerprint density at radius 3 is 2.73 bits per heavy atom. The minimum Gasteiger partial charge on any atom is -0.344 e. The summed E-state index contributed by atoms with van der Waals surface area (Å²) in [4.78, 5) is 4.05. The highest BCUT2D eigenvalue weighted by molar-refractivity contribution is 6.29. The monoisotopic (exact) mass is 229 g/mol. The lowest BCUT2D eigenvalue weighted by molar-refractivity contribution is -0.149. The van der Waals surface area contributed by atoms with Gasteiger partial charge in [-0.15, -0.1) is 0 Å². The molecule has 0 atom stereocenters. The van der Waals surface area contributed by atoms with Crippen LogP contribution in [0.4, 0.5) is 5.82 Å². The Morgan fingerprint density at radius 1 is 1.47 bits per heavy atom.